The van der Waals surface area contributed by atoms with Crippen molar-refractivity contribution in [2.45, 2.75) is 43.7 Å². The second kappa shape index (κ2) is 9.56. The van der Waals surface area contributed by atoms with E-state index in [9.17, 15) is 18.0 Å². The van der Waals surface area contributed by atoms with E-state index in [1.54, 1.807) is 7.05 Å². The number of hydrogen-bond acceptors (Lipinski definition) is 6. The van der Waals surface area contributed by atoms with Gasteiger partial charge in [0.25, 0.3) is 5.91 Å². The van der Waals surface area contributed by atoms with Gasteiger partial charge in [-0.3, -0.25) is 9.59 Å². The van der Waals surface area contributed by atoms with Crippen LogP contribution in [0.2, 0.25) is 0 Å². The van der Waals surface area contributed by atoms with Gasteiger partial charge in [0.1, 0.15) is 5.82 Å². The Kier molecular flexibility index (Phi) is 7.06. The van der Waals surface area contributed by atoms with Crippen molar-refractivity contribution < 1.29 is 18.0 Å². The summed E-state index contributed by atoms with van der Waals surface area (Å²) in [6, 6.07) is 5.72. The standard InChI is InChI=1S/C20H28N6O4S/c1-24(2)31(29,30)16-9-7-8-15(12-16)20(28)21-13-19(27)25(3)14-18-23-22-17-10-5-4-6-11-26(17)18/h7-9,12H,4-6,10-11,13-14H2,1-3H3,(H,21,28). The molecule has 0 aliphatic carbocycles. The van der Waals surface area contributed by atoms with Crippen molar-refractivity contribution in [1.82, 2.24) is 29.3 Å². The summed E-state index contributed by atoms with van der Waals surface area (Å²) in [7, 11) is 0.839. The van der Waals surface area contributed by atoms with Crippen molar-refractivity contribution >= 4 is 21.8 Å². The molecule has 0 saturated carbocycles. The van der Waals surface area contributed by atoms with Crippen LogP contribution in [0.3, 0.4) is 0 Å². The number of amides is 2. The Morgan fingerprint density at radius 1 is 1.13 bits per heavy atom. The van der Waals surface area contributed by atoms with Gasteiger partial charge in [0.2, 0.25) is 15.9 Å². The highest BCUT2D eigenvalue weighted by molar-refractivity contribution is 7.89. The van der Waals surface area contributed by atoms with Gasteiger partial charge in [-0.05, 0) is 31.0 Å². The molecule has 1 aliphatic heterocycles. The third-order valence-electron chi connectivity index (χ3n) is 5.27. The van der Waals surface area contributed by atoms with Crippen LogP contribution in [-0.2, 0) is 34.3 Å². The summed E-state index contributed by atoms with van der Waals surface area (Å²) in [5.41, 5.74) is 0.168. The first-order chi connectivity index (χ1) is 14.7. The van der Waals surface area contributed by atoms with Gasteiger partial charge in [-0.25, -0.2) is 12.7 Å². The highest BCUT2D eigenvalue weighted by Crippen LogP contribution is 2.16. The fourth-order valence-corrected chi connectivity index (χ4v) is 4.31. The van der Waals surface area contributed by atoms with Gasteiger partial charge in [-0.15, -0.1) is 10.2 Å². The largest absolute Gasteiger partial charge is 0.343 e. The number of benzene rings is 1. The lowest BCUT2D eigenvalue weighted by molar-refractivity contribution is -0.129. The summed E-state index contributed by atoms with van der Waals surface area (Å²) in [5.74, 6) is 0.889. The predicted molar refractivity (Wildman–Crippen MR) is 114 cm³/mol. The van der Waals surface area contributed by atoms with Crippen LogP contribution in [0, 0.1) is 0 Å². The van der Waals surface area contributed by atoms with E-state index in [1.807, 2.05) is 0 Å². The van der Waals surface area contributed by atoms with Gasteiger partial charge in [-0.2, -0.15) is 0 Å². The number of likely N-dealkylation sites (N-methyl/N-ethyl adjacent to an activating group) is 1. The number of fused-ring (bicyclic) bond motifs is 1. The van der Waals surface area contributed by atoms with Gasteiger partial charge < -0.3 is 14.8 Å². The second-order valence-corrected chi connectivity index (χ2v) is 9.89. The van der Waals surface area contributed by atoms with Crippen molar-refractivity contribution in [3.05, 3.63) is 41.5 Å². The SMILES string of the molecule is CN(Cc1nnc2n1CCCCC2)C(=O)CNC(=O)c1cccc(S(=O)(=O)N(C)C)c1. The molecule has 0 radical (unpaired) electrons. The van der Waals surface area contributed by atoms with E-state index >= 15 is 0 Å². The highest BCUT2D eigenvalue weighted by atomic mass is 32.2. The predicted octanol–water partition coefficient (Wildman–Crippen LogP) is 0.643. The molecule has 11 heteroatoms. The Labute approximate surface area is 182 Å². The molecular formula is C20H28N6O4S. The maximum absolute atomic E-state index is 12.5. The lowest BCUT2D eigenvalue weighted by Gasteiger charge is -2.18. The second-order valence-electron chi connectivity index (χ2n) is 7.74. The van der Waals surface area contributed by atoms with Crippen LogP contribution >= 0.6 is 0 Å². The molecule has 168 valence electrons. The number of aryl methyl sites for hydroxylation is 1. The van der Waals surface area contributed by atoms with Crippen LogP contribution < -0.4 is 5.32 Å². The zero-order valence-corrected chi connectivity index (χ0v) is 18.9. The van der Waals surface area contributed by atoms with Gasteiger partial charge in [0.15, 0.2) is 5.82 Å². The number of hydrogen-bond donors (Lipinski definition) is 1. The van der Waals surface area contributed by atoms with Gasteiger partial charge >= 0.3 is 0 Å². The minimum Gasteiger partial charge on any atom is -0.343 e. The minimum absolute atomic E-state index is 0.0149. The maximum Gasteiger partial charge on any atom is 0.251 e. The van der Waals surface area contributed by atoms with E-state index in [4.69, 9.17) is 0 Å². The van der Waals surface area contributed by atoms with Crippen molar-refractivity contribution in [3.8, 4) is 0 Å². The minimum atomic E-state index is -3.65. The van der Waals surface area contributed by atoms with Crippen LogP contribution in [0.15, 0.2) is 29.2 Å². The Morgan fingerprint density at radius 2 is 1.90 bits per heavy atom. The zero-order valence-electron chi connectivity index (χ0n) is 18.0. The van der Waals surface area contributed by atoms with E-state index < -0.39 is 15.9 Å². The maximum atomic E-state index is 12.5. The topological polar surface area (TPSA) is 117 Å². The van der Waals surface area contributed by atoms with Gasteiger partial charge in [0.05, 0.1) is 18.0 Å². The Hall–Kier alpha value is -2.79. The molecule has 1 aromatic heterocycles. The summed E-state index contributed by atoms with van der Waals surface area (Å²) >= 11 is 0. The highest BCUT2D eigenvalue weighted by Gasteiger charge is 2.20. The first-order valence-electron chi connectivity index (χ1n) is 10.2. The molecular weight excluding hydrogens is 420 g/mol. The molecule has 0 spiro atoms. The fourth-order valence-electron chi connectivity index (χ4n) is 3.36. The number of rotatable bonds is 7. The van der Waals surface area contributed by atoms with Crippen molar-refractivity contribution in [2.75, 3.05) is 27.7 Å². The number of nitrogens with zero attached hydrogens (tertiary/aromatic N) is 5. The van der Waals surface area contributed by atoms with E-state index in [1.165, 1.54) is 43.3 Å². The van der Waals surface area contributed by atoms with E-state index in [0.717, 1.165) is 48.2 Å². The Bertz CT molecular complexity index is 1060. The van der Waals surface area contributed by atoms with Crippen LogP contribution in [0.5, 0.6) is 0 Å². The Balaban J connectivity index is 1.59. The van der Waals surface area contributed by atoms with E-state index in [-0.39, 0.29) is 22.9 Å². The van der Waals surface area contributed by atoms with Crippen molar-refractivity contribution in [3.63, 3.8) is 0 Å². The molecule has 3 rings (SSSR count). The fraction of sp³-hybridized carbons (Fsp3) is 0.500. The van der Waals surface area contributed by atoms with E-state index in [0.29, 0.717) is 6.54 Å². The van der Waals surface area contributed by atoms with Gasteiger partial charge in [0, 0.05) is 39.7 Å². The molecule has 0 bridgehead atoms. The number of carbonyl (C=O) groups excluding carboxylic acids is 2. The van der Waals surface area contributed by atoms with Crippen LogP contribution in [-0.4, -0.2) is 71.9 Å². The molecule has 0 fully saturated rings. The van der Waals surface area contributed by atoms with Crippen LogP contribution in [0.4, 0.5) is 0 Å². The molecule has 10 nitrogen and oxygen atoms in total. The van der Waals surface area contributed by atoms with Crippen LogP contribution in [0.1, 0.15) is 41.3 Å². The molecule has 0 saturated heterocycles. The molecule has 0 unspecified atom stereocenters. The third kappa shape index (κ3) is 5.28. The lowest BCUT2D eigenvalue weighted by Crippen LogP contribution is -2.38. The summed E-state index contributed by atoms with van der Waals surface area (Å²) in [6.45, 7) is 0.946. The molecule has 2 aromatic rings. The molecule has 0 atom stereocenters. The quantitative estimate of drug-likeness (QED) is 0.664. The average Bonchev–Trinajstić information content (AvgIpc) is 2.97. The summed E-state index contributed by atoms with van der Waals surface area (Å²) in [5, 5.41) is 11.0. The third-order valence-corrected chi connectivity index (χ3v) is 7.08. The number of carbonyl (C=O) groups is 2. The summed E-state index contributed by atoms with van der Waals surface area (Å²) in [4.78, 5) is 26.5. The smallest absolute Gasteiger partial charge is 0.251 e. The summed E-state index contributed by atoms with van der Waals surface area (Å²) in [6.07, 6.45) is 4.20. The first-order valence-corrected chi connectivity index (χ1v) is 11.6. The monoisotopic (exact) mass is 448 g/mol. The van der Waals surface area contributed by atoms with Gasteiger partial charge in [-0.1, -0.05) is 12.5 Å². The normalized spacial score (nSPS) is 14.1. The Morgan fingerprint density at radius 3 is 2.65 bits per heavy atom. The summed E-state index contributed by atoms with van der Waals surface area (Å²) < 4.78 is 27.7. The van der Waals surface area contributed by atoms with E-state index in [2.05, 4.69) is 20.1 Å². The number of aromatic nitrogens is 3. The van der Waals surface area contributed by atoms with Crippen LogP contribution in [0.25, 0.3) is 0 Å². The number of sulfonamides is 1. The molecule has 2 amide bonds. The first kappa shape index (κ1) is 22.9. The molecule has 1 N–H and O–H groups in total. The average molecular weight is 449 g/mol. The molecule has 1 aromatic carbocycles. The molecule has 2 heterocycles. The zero-order chi connectivity index (χ0) is 22.6. The molecule has 31 heavy (non-hydrogen) atoms. The van der Waals surface area contributed by atoms with Crippen molar-refractivity contribution in [2.24, 2.45) is 0 Å². The molecule has 1 aliphatic rings. The lowest BCUT2D eigenvalue weighted by atomic mass is 10.2. The van der Waals surface area contributed by atoms with Crippen molar-refractivity contribution in [1.29, 1.82) is 0 Å². The number of nitrogens with one attached hydrogen (secondary N) is 1.